The molecule has 7 heteroatoms. The molecule has 0 radical (unpaired) electrons. The molecule has 0 aromatic carbocycles. The van der Waals surface area contributed by atoms with Gasteiger partial charge in [0, 0.05) is 25.0 Å². The van der Waals surface area contributed by atoms with Gasteiger partial charge in [-0.2, -0.15) is 0 Å². The molecule has 0 aromatic heterocycles. The fourth-order valence-electron chi connectivity index (χ4n) is 1.60. The normalized spacial score (nSPS) is 10.6. The average molecular weight is 286 g/mol. The van der Waals surface area contributed by atoms with Gasteiger partial charge in [0.1, 0.15) is 13.1 Å². The predicted molar refractivity (Wildman–Crippen MR) is 76.8 cm³/mol. The summed E-state index contributed by atoms with van der Waals surface area (Å²) in [5.41, 5.74) is 5.34. The molecule has 116 valence electrons. The molecule has 0 aliphatic rings. The first kappa shape index (κ1) is 18.4. The molecule has 7 nitrogen and oxygen atoms in total. The molecule has 0 spiro atoms. The zero-order chi connectivity index (χ0) is 15.7. The van der Waals surface area contributed by atoms with Crippen LogP contribution in [-0.2, 0) is 14.4 Å². The second-order valence-corrected chi connectivity index (χ2v) is 5.23. The highest BCUT2D eigenvalue weighted by molar-refractivity contribution is 5.89. The van der Waals surface area contributed by atoms with Gasteiger partial charge in [0.2, 0.25) is 17.7 Å². The number of hydrogen-bond acceptors (Lipinski definition) is 4. The Kier molecular flexibility index (Phi) is 8.54. The van der Waals surface area contributed by atoms with E-state index in [9.17, 15) is 14.4 Å². The third kappa shape index (κ3) is 8.47. The van der Waals surface area contributed by atoms with Gasteiger partial charge in [0.25, 0.3) is 0 Å². The Bertz CT molecular complexity index is 319. The number of rotatable bonds is 8. The minimum absolute atomic E-state index is 0.0153. The minimum atomic E-state index is -0.301. The van der Waals surface area contributed by atoms with Crippen molar-refractivity contribution in [1.82, 2.24) is 15.5 Å². The number of amides is 3. The van der Waals surface area contributed by atoms with E-state index in [2.05, 4.69) is 10.6 Å². The van der Waals surface area contributed by atoms with Gasteiger partial charge < -0.3 is 21.3 Å². The maximum Gasteiger partial charge on any atom is 0.239 e. The van der Waals surface area contributed by atoms with Crippen molar-refractivity contribution in [2.75, 3.05) is 19.6 Å². The summed E-state index contributed by atoms with van der Waals surface area (Å²) >= 11 is 0. The van der Waals surface area contributed by atoms with Crippen LogP contribution in [0, 0.1) is 0 Å². The van der Waals surface area contributed by atoms with E-state index in [-0.39, 0.29) is 55.9 Å². The van der Waals surface area contributed by atoms with Gasteiger partial charge in [-0.15, -0.1) is 0 Å². The van der Waals surface area contributed by atoms with Gasteiger partial charge >= 0.3 is 0 Å². The van der Waals surface area contributed by atoms with Crippen LogP contribution in [0.4, 0.5) is 0 Å². The summed E-state index contributed by atoms with van der Waals surface area (Å²) in [6, 6.07) is -0.0306. The third-order valence-corrected chi connectivity index (χ3v) is 2.28. The molecule has 0 saturated heterocycles. The second-order valence-electron chi connectivity index (χ2n) is 5.23. The number of hydrogen-bond donors (Lipinski definition) is 3. The lowest BCUT2D eigenvalue weighted by Crippen LogP contribution is -2.48. The fourth-order valence-corrected chi connectivity index (χ4v) is 1.60. The molecule has 0 heterocycles. The van der Waals surface area contributed by atoms with Crippen molar-refractivity contribution in [2.45, 2.75) is 46.2 Å². The molecule has 0 aromatic rings. The Morgan fingerprint density at radius 2 is 1.35 bits per heavy atom. The molecule has 0 aliphatic heterocycles. The van der Waals surface area contributed by atoms with E-state index in [1.807, 2.05) is 27.7 Å². The van der Waals surface area contributed by atoms with Crippen LogP contribution >= 0.6 is 0 Å². The Morgan fingerprint density at radius 3 is 1.65 bits per heavy atom. The summed E-state index contributed by atoms with van der Waals surface area (Å²) in [7, 11) is 0. The van der Waals surface area contributed by atoms with Crippen molar-refractivity contribution in [1.29, 1.82) is 0 Å². The van der Waals surface area contributed by atoms with Crippen LogP contribution < -0.4 is 16.4 Å². The molecule has 0 rings (SSSR count). The molecule has 4 N–H and O–H groups in total. The maximum absolute atomic E-state index is 11.9. The summed E-state index contributed by atoms with van der Waals surface area (Å²) in [4.78, 5) is 36.5. The summed E-state index contributed by atoms with van der Waals surface area (Å²) < 4.78 is 0. The van der Waals surface area contributed by atoms with Crippen LogP contribution in [0.5, 0.6) is 0 Å². The Morgan fingerprint density at radius 1 is 0.950 bits per heavy atom. The van der Waals surface area contributed by atoms with Crippen LogP contribution in [0.15, 0.2) is 0 Å². The molecule has 0 bridgehead atoms. The van der Waals surface area contributed by atoms with Gasteiger partial charge in [0.05, 0.1) is 0 Å². The van der Waals surface area contributed by atoms with Gasteiger partial charge in [-0.3, -0.25) is 14.4 Å². The van der Waals surface area contributed by atoms with E-state index in [0.29, 0.717) is 0 Å². The Hall–Kier alpha value is -1.63. The molecule has 20 heavy (non-hydrogen) atoms. The fraction of sp³-hybridized carbons (Fsp3) is 0.769. The highest BCUT2D eigenvalue weighted by Gasteiger charge is 2.20. The molecule has 0 saturated carbocycles. The van der Waals surface area contributed by atoms with Crippen molar-refractivity contribution >= 4 is 17.7 Å². The zero-order valence-corrected chi connectivity index (χ0v) is 12.7. The standard InChI is InChI=1S/C13H26N4O3/c1-9(2)15-11(18)7-17(13(20)5-6-14)8-12(19)16-10(3)4/h9-10H,5-8,14H2,1-4H3,(H,15,18)(H,16,19). The smallest absolute Gasteiger partial charge is 0.239 e. The number of nitrogens with one attached hydrogen (secondary N) is 2. The molecule has 3 amide bonds. The van der Waals surface area contributed by atoms with Crippen molar-refractivity contribution in [3.8, 4) is 0 Å². The second kappa shape index (κ2) is 9.30. The lowest BCUT2D eigenvalue weighted by molar-refractivity contribution is -0.139. The topological polar surface area (TPSA) is 105 Å². The molecule has 0 aliphatic carbocycles. The van der Waals surface area contributed by atoms with Crippen molar-refractivity contribution in [3.05, 3.63) is 0 Å². The van der Waals surface area contributed by atoms with Crippen LogP contribution in [0.3, 0.4) is 0 Å². The quantitative estimate of drug-likeness (QED) is 0.544. The lowest BCUT2D eigenvalue weighted by Gasteiger charge is -2.22. The van der Waals surface area contributed by atoms with Gasteiger partial charge in [-0.1, -0.05) is 0 Å². The zero-order valence-electron chi connectivity index (χ0n) is 12.7. The van der Waals surface area contributed by atoms with E-state index in [0.717, 1.165) is 0 Å². The van der Waals surface area contributed by atoms with Crippen molar-refractivity contribution in [3.63, 3.8) is 0 Å². The Balaban J connectivity index is 4.60. The van der Waals surface area contributed by atoms with Gasteiger partial charge in [-0.05, 0) is 27.7 Å². The van der Waals surface area contributed by atoms with Crippen molar-refractivity contribution in [2.24, 2.45) is 5.73 Å². The number of nitrogens with zero attached hydrogens (tertiary/aromatic N) is 1. The van der Waals surface area contributed by atoms with Crippen LogP contribution in [-0.4, -0.2) is 54.3 Å². The summed E-state index contributed by atoms with van der Waals surface area (Å²) in [5, 5.41) is 5.38. The molecular formula is C13H26N4O3. The van der Waals surface area contributed by atoms with E-state index in [4.69, 9.17) is 5.73 Å². The highest BCUT2D eigenvalue weighted by atomic mass is 16.2. The summed E-state index contributed by atoms with van der Waals surface area (Å²) in [6.07, 6.45) is 0.115. The first-order valence-corrected chi connectivity index (χ1v) is 6.82. The summed E-state index contributed by atoms with van der Waals surface area (Å²) in [6.45, 7) is 7.23. The van der Waals surface area contributed by atoms with Crippen LogP contribution in [0.2, 0.25) is 0 Å². The SMILES string of the molecule is CC(C)NC(=O)CN(CC(=O)NC(C)C)C(=O)CCN. The molecule has 0 atom stereocenters. The highest BCUT2D eigenvalue weighted by Crippen LogP contribution is 1.95. The number of carbonyl (C=O) groups excluding carboxylic acids is 3. The monoisotopic (exact) mass is 286 g/mol. The van der Waals surface area contributed by atoms with Crippen molar-refractivity contribution < 1.29 is 14.4 Å². The number of nitrogens with two attached hydrogens (primary N) is 1. The van der Waals surface area contributed by atoms with Crippen LogP contribution in [0.1, 0.15) is 34.1 Å². The molecule has 0 fully saturated rings. The van der Waals surface area contributed by atoms with Crippen LogP contribution in [0.25, 0.3) is 0 Å². The number of carbonyl (C=O) groups is 3. The van der Waals surface area contributed by atoms with Gasteiger partial charge in [-0.25, -0.2) is 0 Å². The minimum Gasteiger partial charge on any atom is -0.352 e. The predicted octanol–water partition coefficient (Wildman–Crippen LogP) is -0.787. The van der Waals surface area contributed by atoms with E-state index < -0.39 is 0 Å². The lowest BCUT2D eigenvalue weighted by atomic mass is 10.3. The first-order valence-electron chi connectivity index (χ1n) is 6.82. The van der Waals surface area contributed by atoms with E-state index >= 15 is 0 Å². The molecule has 0 unspecified atom stereocenters. The summed E-state index contributed by atoms with van der Waals surface area (Å²) in [5.74, 6) is -0.879. The van der Waals surface area contributed by atoms with Gasteiger partial charge in [0.15, 0.2) is 0 Å². The Labute approximate surface area is 120 Å². The largest absolute Gasteiger partial charge is 0.352 e. The third-order valence-electron chi connectivity index (χ3n) is 2.28. The first-order chi connectivity index (χ1) is 9.26. The maximum atomic E-state index is 11.9. The average Bonchev–Trinajstić information content (AvgIpc) is 2.25. The van der Waals surface area contributed by atoms with E-state index in [1.165, 1.54) is 4.90 Å². The van der Waals surface area contributed by atoms with E-state index in [1.54, 1.807) is 0 Å². The molecular weight excluding hydrogens is 260 g/mol.